The highest BCUT2D eigenvalue weighted by molar-refractivity contribution is 7.80. The second-order valence-corrected chi connectivity index (χ2v) is 5.95. The number of aromatic nitrogens is 3. The fourth-order valence-corrected chi connectivity index (χ4v) is 3.26. The summed E-state index contributed by atoms with van der Waals surface area (Å²) in [5.41, 5.74) is 15.0. The van der Waals surface area contributed by atoms with Gasteiger partial charge >= 0.3 is 0 Å². The highest BCUT2D eigenvalue weighted by atomic mass is 32.1. The van der Waals surface area contributed by atoms with Crippen LogP contribution in [0.2, 0.25) is 0 Å². The van der Waals surface area contributed by atoms with Crippen LogP contribution in [0.1, 0.15) is 25.1 Å². The summed E-state index contributed by atoms with van der Waals surface area (Å²) >= 11 is 5.09. The van der Waals surface area contributed by atoms with Crippen LogP contribution < -0.4 is 22.7 Å². The summed E-state index contributed by atoms with van der Waals surface area (Å²) in [6.07, 6.45) is -1.90. The highest BCUT2D eigenvalue weighted by Crippen LogP contribution is 2.39. The Kier molecular flexibility index (Phi) is 4.27. The summed E-state index contributed by atoms with van der Waals surface area (Å²) in [6, 6.07) is 0. The molecule has 0 aromatic carbocycles. The van der Waals surface area contributed by atoms with Crippen molar-refractivity contribution in [2.24, 2.45) is 11.6 Å². The Morgan fingerprint density at radius 1 is 1.42 bits per heavy atom. The van der Waals surface area contributed by atoms with Gasteiger partial charge in [0.1, 0.15) is 40.8 Å². The van der Waals surface area contributed by atoms with Gasteiger partial charge in [-0.2, -0.15) is 0 Å². The second-order valence-electron chi connectivity index (χ2n) is 5.51. The highest BCUT2D eigenvalue weighted by Gasteiger charge is 2.44. The second kappa shape index (κ2) is 6.11. The molecule has 0 saturated carbocycles. The van der Waals surface area contributed by atoms with Gasteiger partial charge in [-0.3, -0.25) is 4.57 Å². The van der Waals surface area contributed by atoms with Gasteiger partial charge in [-0.1, -0.05) is 19.1 Å². The van der Waals surface area contributed by atoms with Crippen molar-refractivity contribution >= 4 is 39.9 Å². The van der Waals surface area contributed by atoms with Crippen LogP contribution in [-0.4, -0.2) is 48.0 Å². The third-order valence-corrected chi connectivity index (χ3v) is 4.39. The first-order valence-electron chi connectivity index (χ1n) is 7.34. The molecular formula is C13H19N7O3S. The fraction of sp³-hybridized carbons (Fsp3) is 0.462. The van der Waals surface area contributed by atoms with Gasteiger partial charge in [0.25, 0.3) is 0 Å². The van der Waals surface area contributed by atoms with E-state index < -0.39 is 24.5 Å². The van der Waals surface area contributed by atoms with E-state index in [-0.39, 0.29) is 16.6 Å². The number of nitrogens with one attached hydrogen (secondary N) is 1. The van der Waals surface area contributed by atoms with Crippen LogP contribution >= 0.6 is 12.2 Å². The number of hydrogen-bond donors (Lipinski definition) is 6. The Morgan fingerprint density at radius 2 is 2.12 bits per heavy atom. The van der Waals surface area contributed by atoms with Crippen molar-refractivity contribution in [1.82, 2.24) is 14.5 Å². The van der Waals surface area contributed by atoms with Gasteiger partial charge in [-0.15, -0.1) is 0 Å². The summed E-state index contributed by atoms with van der Waals surface area (Å²) < 4.78 is 7.28. The van der Waals surface area contributed by atoms with Crippen LogP contribution in [0.4, 0.5) is 11.6 Å². The van der Waals surface area contributed by atoms with E-state index in [4.69, 9.17) is 34.3 Å². The number of nitrogen functional groups attached to an aromatic ring is 2. The fourth-order valence-electron chi connectivity index (χ4n) is 3.07. The van der Waals surface area contributed by atoms with E-state index in [1.54, 1.807) is 0 Å². The van der Waals surface area contributed by atoms with Gasteiger partial charge in [0.15, 0.2) is 6.23 Å². The smallest absolute Gasteiger partial charge is 0.166 e. The molecule has 1 aliphatic rings. The number of ether oxygens (including phenoxy) is 1. The number of fused-ring (bicyclic) bond motifs is 1. The summed E-state index contributed by atoms with van der Waals surface area (Å²) in [5.74, 6) is 6.08. The molecule has 24 heavy (non-hydrogen) atoms. The maximum absolute atomic E-state index is 10.4. The molecule has 0 spiro atoms. The third-order valence-electron chi connectivity index (χ3n) is 4.19. The number of rotatable bonds is 4. The first kappa shape index (κ1) is 16.8. The largest absolute Gasteiger partial charge is 0.389 e. The van der Waals surface area contributed by atoms with E-state index in [2.05, 4.69) is 15.4 Å². The van der Waals surface area contributed by atoms with E-state index in [9.17, 15) is 10.2 Å². The van der Waals surface area contributed by atoms with Gasteiger partial charge in [-0.05, 0) is 6.42 Å². The Labute approximate surface area is 142 Å². The number of hydrogen-bond acceptors (Lipinski definition) is 9. The van der Waals surface area contributed by atoms with Gasteiger partial charge in [0.2, 0.25) is 0 Å². The number of aliphatic hydroxyl groups excluding tert-OH is 2. The standard InChI is InChI=1S/C13H19N7O3S/c1-2-4-7(21)8(22)13(23-4)20-11-5(9(14)17-3-18-11)6(10(15)24)12(20)19-16/h3-4,7-8,13,19,21-22H,2,16H2,1H3,(H2,15,24)(H2,14,17,18)/t4-,7-,8-,13-/m1/s1. The molecule has 1 aliphatic heterocycles. The zero-order valence-electron chi connectivity index (χ0n) is 12.9. The lowest BCUT2D eigenvalue weighted by Crippen LogP contribution is -2.32. The minimum atomic E-state index is -1.19. The number of hydrazine groups is 1. The van der Waals surface area contributed by atoms with Crippen LogP contribution in [0, 0.1) is 0 Å². The molecule has 0 bridgehead atoms. The molecule has 10 nitrogen and oxygen atoms in total. The molecule has 0 radical (unpaired) electrons. The van der Waals surface area contributed by atoms with Crippen molar-refractivity contribution in [3.8, 4) is 0 Å². The summed E-state index contributed by atoms with van der Waals surface area (Å²) in [4.78, 5) is 8.18. The molecular weight excluding hydrogens is 334 g/mol. The summed E-state index contributed by atoms with van der Waals surface area (Å²) in [7, 11) is 0. The number of nitrogens with two attached hydrogens (primary N) is 3. The van der Waals surface area contributed by atoms with E-state index in [0.717, 1.165) is 0 Å². The minimum absolute atomic E-state index is 0.0354. The Bertz CT molecular complexity index is 795. The van der Waals surface area contributed by atoms with E-state index in [1.165, 1.54) is 10.9 Å². The van der Waals surface area contributed by atoms with Crippen LogP contribution in [0.25, 0.3) is 11.0 Å². The van der Waals surface area contributed by atoms with Gasteiger partial charge in [-0.25, -0.2) is 15.8 Å². The average molecular weight is 353 g/mol. The van der Waals surface area contributed by atoms with Crippen LogP contribution in [0.15, 0.2) is 6.33 Å². The van der Waals surface area contributed by atoms with Gasteiger partial charge in [0, 0.05) is 0 Å². The predicted molar refractivity (Wildman–Crippen MR) is 91.9 cm³/mol. The molecule has 1 fully saturated rings. The summed E-state index contributed by atoms with van der Waals surface area (Å²) in [5, 5.41) is 21.0. The van der Waals surface area contributed by atoms with Crippen LogP contribution in [-0.2, 0) is 4.74 Å². The zero-order chi connectivity index (χ0) is 17.6. The van der Waals surface area contributed by atoms with E-state index >= 15 is 0 Å². The maximum atomic E-state index is 10.4. The minimum Gasteiger partial charge on any atom is -0.389 e. The Balaban J connectivity index is 2.29. The number of anilines is 2. The normalized spacial score (nSPS) is 26.8. The lowest BCUT2D eigenvalue weighted by molar-refractivity contribution is -0.0341. The molecule has 3 heterocycles. The lowest BCUT2D eigenvalue weighted by atomic mass is 10.1. The lowest BCUT2D eigenvalue weighted by Gasteiger charge is -2.20. The van der Waals surface area contributed by atoms with Gasteiger partial charge in [0.05, 0.1) is 17.1 Å². The van der Waals surface area contributed by atoms with E-state index in [0.29, 0.717) is 23.0 Å². The van der Waals surface area contributed by atoms with Crippen LogP contribution in [0.5, 0.6) is 0 Å². The van der Waals surface area contributed by atoms with Gasteiger partial charge < -0.3 is 31.8 Å². The predicted octanol–water partition coefficient (Wildman–Crippen LogP) is -1.04. The van der Waals surface area contributed by atoms with Crippen molar-refractivity contribution in [2.75, 3.05) is 11.2 Å². The van der Waals surface area contributed by atoms with Crippen molar-refractivity contribution in [3.05, 3.63) is 11.9 Å². The monoisotopic (exact) mass is 353 g/mol. The average Bonchev–Trinajstić information content (AvgIpc) is 3.03. The maximum Gasteiger partial charge on any atom is 0.166 e. The first-order valence-corrected chi connectivity index (χ1v) is 7.75. The number of aliphatic hydroxyl groups is 2. The molecule has 0 unspecified atom stereocenters. The first-order chi connectivity index (χ1) is 11.4. The molecule has 1 saturated heterocycles. The van der Waals surface area contributed by atoms with E-state index in [1.807, 2.05) is 6.92 Å². The number of thiocarbonyl (C=S) groups is 1. The van der Waals surface area contributed by atoms with Crippen molar-refractivity contribution in [2.45, 2.75) is 37.9 Å². The van der Waals surface area contributed by atoms with Crippen molar-refractivity contribution in [1.29, 1.82) is 0 Å². The number of nitrogens with zero attached hydrogens (tertiary/aromatic N) is 3. The Hall–Kier alpha value is -2.05. The van der Waals surface area contributed by atoms with Crippen molar-refractivity contribution in [3.63, 3.8) is 0 Å². The SMILES string of the molecule is CC[C@H]1O[C@@H](n2c(NN)c(C(N)=S)c3c(N)ncnc32)[C@H](O)[C@@H]1O. The molecule has 130 valence electrons. The summed E-state index contributed by atoms with van der Waals surface area (Å²) in [6.45, 7) is 1.85. The molecule has 2 aromatic rings. The van der Waals surface area contributed by atoms with Crippen molar-refractivity contribution < 1.29 is 14.9 Å². The molecule has 9 N–H and O–H groups in total. The molecule has 11 heteroatoms. The third kappa shape index (κ3) is 2.29. The molecule has 3 rings (SSSR count). The van der Waals surface area contributed by atoms with Crippen LogP contribution in [0.3, 0.4) is 0 Å². The topological polar surface area (TPSA) is 170 Å². The zero-order valence-corrected chi connectivity index (χ0v) is 13.7. The molecule has 2 aromatic heterocycles. The molecule has 0 aliphatic carbocycles. The molecule has 4 atom stereocenters. The molecule has 0 amide bonds. The quantitative estimate of drug-likeness (QED) is 0.227. The Morgan fingerprint density at radius 3 is 2.67 bits per heavy atom.